The zero-order chi connectivity index (χ0) is 11.5. The van der Waals surface area contributed by atoms with Crippen LogP contribution in [0, 0.1) is 6.92 Å². The lowest BCUT2D eigenvalue weighted by molar-refractivity contribution is -0.118. The summed E-state index contributed by atoms with van der Waals surface area (Å²) in [6.07, 6.45) is 3.91. The van der Waals surface area contributed by atoms with Crippen LogP contribution in [-0.4, -0.2) is 28.9 Å². The predicted molar refractivity (Wildman–Crippen MR) is 64.5 cm³/mol. The standard InChI is InChI=1S/C11H15N3OS/c1-9-2-3-10(16-9)6-13-4-5-14(8-13)7-11(12)15/h2-5H,6-8H2,1H3,(H2,12,15). The summed E-state index contributed by atoms with van der Waals surface area (Å²) in [6.45, 7) is 4.02. The Morgan fingerprint density at radius 3 is 2.81 bits per heavy atom. The Labute approximate surface area is 99.0 Å². The Morgan fingerprint density at radius 2 is 2.19 bits per heavy atom. The number of amides is 1. The van der Waals surface area contributed by atoms with Gasteiger partial charge in [0.2, 0.25) is 5.91 Å². The SMILES string of the molecule is Cc1ccc(CN2C=CN(CC(N)=O)C2)s1. The van der Waals surface area contributed by atoms with Crippen molar-refractivity contribution in [1.82, 2.24) is 9.80 Å². The molecule has 4 nitrogen and oxygen atoms in total. The van der Waals surface area contributed by atoms with E-state index in [2.05, 4.69) is 24.0 Å². The summed E-state index contributed by atoms with van der Waals surface area (Å²) in [5.74, 6) is -0.293. The highest BCUT2D eigenvalue weighted by Gasteiger charge is 2.14. The van der Waals surface area contributed by atoms with E-state index >= 15 is 0 Å². The third-order valence-electron chi connectivity index (χ3n) is 2.37. The van der Waals surface area contributed by atoms with Gasteiger partial charge in [-0.3, -0.25) is 4.79 Å². The maximum absolute atomic E-state index is 10.8. The molecule has 0 saturated heterocycles. The van der Waals surface area contributed by atoms with E-state index < -0.39 is 0 Å². The average Bonchev–Trinajstić information content (AvgIpc) is 2.76. The first-order valence-corrected chi connectivity index (χ1v) is 5.95. The molecule has 1 aliphatic heterocycles. The summed E-state index contributed by atoms with van der Waals surface area (Å²) >= 11 is 1.80. The Balaban J connectivity index is 1.86. The van der Waals surface area contributed by atoms with Gasteiger partial charge < -0.3 is 15.5 Å². The molecule has 0 aromatic carbocycles. The first-order valence-electron chi connectivity index (χ1n) is 5.13. The lowest BCUT2D eigenvalue weighted by Crippen LogP contribution is -2.32. The number of rotatable bonds is 4. The lowest BCUT2D eigenvalue weighted by atomic mass is 10.4. The number of thiophene rings is 1. The number of nitrogens with two attached hydrogens (primary N) is 1. The van der Waals surface area contributed by atoms with E-state index in [9.17, 15) is 4.79 Å². The molecule has 0 saturated carbocycles. The molecule has 0 unspecified atom stereocenters. The van der Waals surface area contributed by atoms with Gasteiger partial charge in [-0.2, -0.15) is 0 Å². The molecule has 1 aliphatic rings. The highest BCUT2D eigenvalue weighted by atomic mass is 32.1. The van der Waals surface area contributed by atoms with Crippen LogP contribution in [0.4, 0.5) is 0 Å². The van der Waals surface area contributed by atoms with Crippen LogP contribution in [0.2, 0.25) is 0 Å². The second-order valence-corrected chi connectivity index (χ2v) is 5.28. The van der Waals surface area contributed by atoms with Crippen molar-refractivity contribution in [3.8, 4) is 0 Å². The highest BCUT2D eigenvalue weighted by molar-refractivity contribution is 7.11. The minimum Gasteiger partial charge on any atom is -0.368 e. The highest BCUT2D eigenvalue weighted by Crippen LogP contribution is 2.19. The zero-order valence-electron chi connectivity index (χ0n) is 9.22. The molecule has 0 spiro atoms. The van der Waals surface area contributed by atoms with E-state index in [1.165, 1.54) is 9.75 Å². The number of hydrogen-bond acceptors (Lipinski definition) is 4. The zero-order valence-corrected chi connectivity index (χ0v) is 10.0. The molecular weight excluding hydrogens is 222 g/mol. The van der Waals surface area contributed by atoms with Gasteiger partial charge >= 0.3 is 0 Å². The third-order valence-corrected chi connectivity index (χ3v) is 3.35. The van der Waals surface area contributed by atoms with E-state index in [-0.39, 0.29) is 12.5 Å². The van der Waals surface area contributed by atoms with Gasteiger partial charge in [0.15, 0.2) is 0 Å². The van der Waals surface area contributed by atoms with Gasteiger partial charge in [-0.05, 0) is 19.1 Å². The predicted octanol–water partition coefficient (Wildman–Crippen LogP) is 1.09. The van der Waals surface area contributed by atoms with E-state index in [1.54, 1.807) is 11.3 Å². The molecule has 1 amide bonds. The van der Waals surface area contributed by atoms with Crippen LogP contribution in [0.3, 0.4) is 0 Å². The maximum atomic E-state index is 10.8. The van der Waals surface area contributed by atoms with Crippen molar-refractivity contribution in [2.24, 2.45) is 5.73 Å². The molecule has 0 aliphatic carbocycles. The van der Waals surface area contributed by atoms with Crippen LogP contribution in [0.1, 0.15) is 9.75 Å². The number of aryl methyl sites for hydroxylation is 1. The number of carbonyl (C=O) groups is 1. The van der Waals surface area contributed by atoms with Gasteiger partial charge in [0.05, 0.1) is 19.8 Å². The fourth-order valence-electron chi connectivity index (χ4n) is 1.69. The molecule has 0 fully saturated rings. The molecule has 1 aromatic rings. The normalized spacial score (nSPS) is 14.8. The van der Waals surface area contributed by atoms with Gasteiger partial charge in [-0.15, -0.1) is 11.3 Å². The Hall–Kier alpha value is -1.49. The first-order chi connectivity index (χ1) is 7.63. The van der Waals surface area contributed by atoms with Gasteiger partial charge in [-0.1, -0.05) is 0 Å². The monoisotopic (exact) mass is 237 g/mol. The molecule has 86 valence electrons. The number of hydrogen-bond donors (Lipinski definition) is 1. The van der Waals surface area contributed by atoms with Gasteiger partial charge in [0, 0.05) is 22.2 Å². The smallest absolute Gasteiger partial charge is 0.236 e. The molecule has 2 heterocycles. The second-order valence-electron chi connectivity index (χ2n) is 3.91. The van der Waals surface area contributed by atoms with E-state index in [0.29, 0.717) is 0 Å². The molecule has 0 atom stereocenters. The van der Waals surface area contributed by atoms with Crippen molar-refractivity contribution in [1.29, 1.82) is 0 Å². The number of carbonyl (C=O) groups excluding carboxylic acids is 1. The van der Waals surface area contributed by atoms with Crippen molar-refractivity contribution >= 4 is 17.2 Å². The van der Waals surface area contributed by atoms with Gasteiger partial charge in [-0.25, -0.2) is 0 Å². The number of primary amides is 1. The molecule has 0 radical (unpaired) electrons. The Morgan fingerprint density at radius 1 is 1.44 bits per heavy atom. The van der Waals surface area contributed by atoms with Crippen LogP contribution < -0.4 is 5.73 Å². The maximum Gasteiger partial charge on any atom is 0.236 e. The summed E-state index contributed by atoms with van der Waals surface area (Å²) in [5, 5.41) is 0. The van der Waals surface area contributed by atoms with Crippen LogP contribution in [0.25, 0.3) is 0 Å². The molecule has 1 aromatic heterocycles. The van der Waals surface area contributed by atoms with Gasteiger partial charge in [0.1, 0.15) is 0 Å². The van der Waals surface area contributed by atoms with Gasteiger partial charge in [0.25, 0.3) is 0 Å². The third kappa shape index (κ3) is 2.76. The van der Waals surface area contributed by atoms with Crippen molar-refractivity contribution in [3.63, 3.8) is 0 Å². The Bertz CT molecular complexity index is 413. The fourth-order valence-corrected chi connectivity index (χ4v) is 2.61. The molecule has 2 N–H and O–H groups in total. The van der Waals surface area contributed by atoms with E-state index in [0.717, 1.165) is 13.2 Å². The van der Waals surface area contributed by atoms with E-state index in [4.69, 9.17) is 5.73 Å². The molecule has 5 heteroatoms. The van der Waals surface area contributed by atoms with E-state index in [1.807, 2.05) is 17.3 Å². The summed E-state index contributed by atoms with van der Waals surface area (Å²) in [6, 6.07) is 4.27. The topological polar surface area (TPSA) is 49.6 Å². The van der Waals surface area contributed by atoms with Crippen molar-refractivity contribution in [3.05, 3.63) is 34.3 Å². The summed E-state index contributed by atoms with van der Waals surface area (Å²) < 4.78 is 0. The summed E-state index contributed by atoms with van der Waals surface area (Å²) in [4.78, 5) is 17.5. The molecule has 2 rings (SSSR count). The minimum atomic E-state index is -0.293. The summed E-state index contributed by atoms with van der Waals surface area (Å²) in [7, 11) is 0. The molecule has 0 bridgehead atoms. The quantitative estimate of drug-likeness (QED) is 0.852. The molecule has 16 heavy (non-hydrogen) atoms. The van der Waals surface area contributed by atoms with Crippen LogP contribution in [-0.2, 0) is 11.3 Å². The molecular formula is C11H15N3OS. The average molecular weight is 237 g/mol. The van der Waals surface area contributed by atoms with Crippen LogP contribution >= 0.6 is 11.3 Å². The fraction of sp³-hybridized carbons (Fsp3) is 0.364. The summed E-state index contributed by atoms with van der Waals surface area (Å²) in [5.41, 5.74) is 5.14. The van der Waals surface area contributed by atoms with Crippen molar-refractivity contribution in [2.45, 2.75) is 13.5 Å². The second kappa shape index (κ2) is 4.57. The Kier molecular flexibility index (Phi) is 3.14. The number of nitrogens with zero attached hydrogens (tertiary/aromatic N) is 2. The first kappa shape index (κ1) is 11.0. The van der Waals surface area contributed by atoms with Crippen molar-refractivity contribution < 1.29 is 4.79 Å². The lowest BCUT2D eigenvalue weighted by Gasteiger charge is -2.19. The van der Waals surface area contributed by atoms with Crippen molar-refractivity contribution in [2.75, 3.05) is 13.2 Å². The largest absolute Gasteiger partial charge is 0.368 e. The van der Waals surface area contributed by atoms with Crippen LogP contribution in [0.5, 0.6) is 0 Å². The minimum absolute atomic E-state index is 0.288. The van der Waals surface area contributed by atoms with Crippen LogP contribution in [0.15, 0.2) is 24.5 Å².